The van der Waals surface area contributed by atoms with Gasteiger partial charge in [0.15, 0.2) is 0 Å². The van der Waals surface area contributed by atoms with Gasteiger partial charge >= 0.3 is 0 Å². The lowest BCUT2D eigenvalue weighted by atomic mass is 10.1. The van der Waals surface area contributed by atoms with Crippen molar-refractivity contribution in [3.05, 3.63) is 48.0 Å². The first-order chi connectivity index (χ1) is 15.0. The Morgan fingerprint density at radius 2 is 1.97 bits per heavy atom. The van der Waals surface area contributed by atoms with Crippen LogP contribution in [0, 0.1) is 12.8 Å². The molecule has 0 aromatic heterocycles. The van der Waals surface area contributed by atoms with Crippen molar-refractivity contribution >= 4 is 40.3 Å². The van der Waals surface area contributed by atoms with E-state index in [1.54, 1.807) is 4.90 Å². The molecule has 4 rings (SSSR count). The first kappa shape index (κ1) is 21.1. The van der Waals surface area contributed by atoms with E-state index in [1.165, 1.54) is 0 Å². The van der Waals surface area contributed by atoms with Crippen LogP contribution in [0.1, 0.15) is 38.7 Å². The van der Waals surface area contributed by atoms with Crippen molar-refractivity contribution in [3.8, 4) is 0 Å². The highest BCUT2D eigenvalue weighted by Crippen LogP contribution is 2.37. The summed E-state index contributed by atoms with van der Waals surface area (Å²) in [7, 11) is 0. The summed E-state index contributed by atoms with van der Waals surface area (Å²) in [6.45, 7) is 8.10. The van der Waals surface area contributed by atoms with Gasteiger partial charge in [-0.1, -0.05) is 12.1 Å². The number of benzene rings is 2. The van der Waals surface area contributed by atoms with Crippen molar-refractivity contribution in [1.29, 1.82) is 0 Å². The van der Waals surface area contributed by atoms with Crippen molar-refractivity contribution in [2.24, 2.45) is 10.9 Å². The number of carbonyl (C=O) groups is 2. The summed E-state index contributed by atoms with van der Waals surface area (Å²) in [6.07, 6.45) is 2.62. The van der Waals surface area contributed by atoms with Crippen LogP contribution in [0.15, 0.2) is 47.5 Å². The van der Waals surface area contributed by atoms with Gasteiger partial charge < -0.3 is 15.1 Å². The minimum Gasteiger partial charge on any atom is -0.372 e. The van der Waals surface area contributed by atoms with Crippen LogP contribution in [-0.2, 0) is 9.59 Å². The second-order valence-electron chi connectivity index (χ2n) is 8.18. The Kier molecular flexibility index (Phi) is 6.07. The average Bonchev–Trinajstić information content (AvgIpc) is 3.19. The number of aryl methyl sites for hydroxylation is 1. The molecular formula is C25H30N4O2. The molecule has 1 heterocycles. The zero-order valence-electron chi connectivity index (χ0n) is 18.5. The van der Waals surface area contributed by atoms with E-state index < -0.39 is 0 Å². The summed E-state index contributed by atoms with van der Waals surface area (Å²) in [5, 5.41) is 3.00. The molecule has 6 nitrogen and oxygen atoms in total. The number of carbonyl (C=O) groups excluding carboxylic acids is 2. The molecule has 1 saturated carbocycles. The zero-order valence-corrected chi connectivity index (χ0v) is 18.5. The molecule has 0 bridgehead atoms. The minimum absolute atomic E-state index is 0.0214. The normalized spacial score (nSPS) is 17.5. The number of rotatable bonds is 6. The molecule has 2 aromatic carbocycles. The van der Waals surface area contributed by atoms with Gasteiger partial charge in [-0.2, -0.15) is 0 Å². The van der Waals surface area contributed by atoms with Gasteiger partial charge in [0.2, 0.25) is 11.8 Å². The lowest BCUT2D eigenvalue weighted by Crippen LogP contribution is -2.41. The van der Waals surface area contributed by atoms with Crippen molar-refractivity contribution < 1.29 is 9.59 Å². The maximum absolute atomic E-state index is 13.3. The fourth-order valence-corrected chi connectivity index (χ4v) is 4.55. The fraction of sp³-hybridized carbons (Fsp3) is 0.400. The number of nitrogens with zero attached hydrogens (tertiary/aromatic N) is 3. The number of para-hydroxylation sites is 2. The van der Waals surface area contributed by atoms with Crippen LogP contribution in [0.4, 0.5) is 22.7 Å². The van der Waals surface area contributed by atoms with Gasteiger partial charge in [-0.15, -0.1) is 0 Å². The molecule has 1 aliphatic heterocycles. The van der Waals surface area contributed by atoms with E-state index in [1.807, 2.05) is 43.3 Å². The molecule has 1 atom stereocenters. The Bertz CT molecular complexity index is 1030. The summed E-state index contributed by atoms with van der Waals surface area (Å²) < 4.78 is 0. The fourth-order valence-electron chi connectivity index (χ4n) is 4.55. The Balaban J connectivity index is 1.54. The van der Waals surface area contributed by atoms with E-state index in [4.69, 9.17) is 4.99 Å². The second kappa shape index (κ2) is 8.92. The predicted molar refractivity (Wildman–Crippen MR) is 127 cm³/mol. The standard InChI is InChI=1S/C25H30N4O2/c1-4-28(5-2)18-13-14-20(17(3)15-18)27-24(30)16-29-23-12-7-6-10-22(23)26-21-11-8-9-19(21)25(29)31/h6-7,10,12-15,19H,4-5,8-9,11,16H2,1-3H3,(H,27,30)/t19-/m0/s1. The SMILES string of the molecule is CCN(CC)c1ccc(NC(=O)CN2C(=O)[C@H]3CCCC3=Nc3ccccc32)c(C)c1. The van der Waals surface area contributed by atoms with E-state index in [0.717, 1.165) is 60.7 Å². The van der Waals surface area contributed by atoms with E-state index in [9.17, 15) is 9.59 Å². The van der Waals surface area contributed by atoms with Crippen LogP contribution >= 0.6 is 0 Å². The molecule has 0 spiro atoms. The lowest BCUT2D eigenvalue weighted by Gasteiger charge is -2.25. The van der Waals surface area contributed by atoms with Gasteiger partial charge in [-0.25, -0.2) is 0 Å². The molecular weight excluding hydrogens is 388 g/mol. The smallest absolute Gasteiger partial charge is 0.244 e. The molecule has 1 fully saturated rings. The Labute approximate surface area is 184 Å². The first-order valence-corrected chi connectivity index (χ1v) is 11.1. The summed E-state index contributed by atoms with van der Waals surface area (Å²) in [5.41, 5.74) is 5.34. The van der Waals surface area contributed by atoms with Crippen molar-refractivity contribution in [2.45, 2.75) is 40.0 Å². The van der Waals surface area contributed by atoms with Crippen molar-refractivity contribution in [2.75, 3.05) is 34.8 Å². The number of hydrogen-bond donors (Lipinski definition) is 1. The third kappa shape index (κ3) is 4.20. The van der Waals surface area contributed by atoms with Crippen LogP contribution in [0.3, 0.4) is 0 Å². The van der Waals surface area contributed by atoms with Crippen molar-refractivity contribution in [3.63, 3.8) is 0 Å². The summed E-state index contributed by atoms with van der Waals surface area (Å²) in [6, 6.07) is 13.6. The monoisotopic (exact) mass is 418 g/mol. The van der Waals surface area contributed by atoms with Gasteiger partial charge in [0.25, 0.3) is 0 Å². The number of fused-ring (bicyclic) bond motifs is 2. The molecule has 6 heteroatoms. The second-order valence-corrected chi connectivity index (χ2v) is 8.18. The van der Waals surface area contributed by atoms with E-state index in [-0.39, 0.29) is 24.3 Å². The summed E-state index contributed by atoms with van der Waals surface area (Å²) in [5.74, 6) is -0.441. The molecule has 31 heavy (non-hydrogen) atoms. The number of anilines is 3. The largest absolute Gasteiger partial charge is 0.372 e. The van der Waals surface area contributed by atoms with Gasteiger partial charge in [-0.3, -0.25) is 14.6 Å². The van der Waals surface area contributed by atoms with Crippen LogP contribution in [0.2, 0.25) is 0 Å². The summed E-state index contributed by atoms with van der Waals surface area (Å²) in [4.78, 5) is 34.9. The number of aliphatic imine (C=N–C) groups is 1. The van der Waals surface area contributed by atoms with E-state index in [2.05, 4.69) is 30.1 Å². The quantitative estimate of drug-likeness (QED) is 0.740. The molecule has 162 valence electrons. The summed E-state index contributed by atoms with van der Waals surface area (Å²) >= 11 is 0. The number of nitrogens with one attached hydrogen (secondary N) is 1. The highest BCUT2D eigenvalue weighted by atomic mass is 16.2. The highest BCUT2D eigenvalue weighted by molar-refractivity contribution is 6.16. The van der Waals surface area contributed by atoms with Crippen LogP contribution in [0.5, 0.6) is 0 Å². The van der Waals surface area contributed by atoms with Crippen molar-refractivity contribution in [1.82, 2.24) is 0 Å². The third-order valence-corrected chi connectivity index (χ3v) is 6.24. The van der Waals surface area contributed by atoms with Crippen LogP contribution in [0.25, 0.3) is 0 Å². The average molecular weight is 419 g/mol. The van der Waals surface area contributed by atoms with Gasteiger partial charge in [0, 0.05) is 30.2 Å². The molecule has 2 aromatic rings. The topological polar surface area (TPSA) is 65.0 Å². The number of hydrogen-bond acceptors (Lipinski definition) is 4. The molecule has 2 aliphatic rings. The maximum atomic E-state index is 13.3. The third-order valence-electron chi connectivity index (χ3n) is 6.24. The lowest BCUT2D eigenvalue weighted by molar-refractivity contribution is -0.122. The first-order valence-electron chi connectivity index (χ1n) is 11.1. The van der Waals surface area contributed by atoms with Crippen LogP contribution < -0.4 is 15.1 Å². The maximum Gasteiger partial charge on any atom is 0.244 e. The molecule has 0 saturated heterocycles. The van der Waals surface area contributed by atoms with E-state index >= 15 is 0 Å². The van der Waals surface area contributed by atoms with Gasteiger partial charge in [0.1, 0.15) is 6.54 Å². The molecule has 0 radical (unpaired) electrons. The molecule has 1 aliphatic carbocycles. The number of amides is 2. The zero-order chi connectivity index (χ0) is 22.0. The molecule has 0 unspecified atom stereocenters. The van der Waals surface area contributed by atoms with E-state index in [0.29, 0.717) is 5.69 Å². The Morgan fingerprint density at radius 1 is 1.19 bits per heavy atom. The Morgan fingerprint density at radius 3 is 2.71 bits per heavy atom. The van der Waals surface area contributed by atoms with Gasteiger partial charge in [-0.05, 0) is 75.9 Å². The predicted octanol–water partition coefficient (Wildman–Crippen LogP) is 4.70. The molecule has 1 N–H and O–H groups in total. The minimum atomic E-state index is -0.213. The van der Waals surface area contributed by atoms with Crippen LogP contribution in [-0.4, -0.2) is 37.2 Å². The Hall–Kier alpha value is -3.15. The molecule has 2 amide bonds. The highest BCUT2D eigenvalue weighted by Gasteiger charge is 2.37. The van der Waals surface area contributed by atoms with Gasteiger partial charge in [0.05, 0.1) is 17.3 Å².